The average molecular weight is 248 g/mol. The molecule has 0 aliphatic rings. The lowest BCUT2D eigenvalue weighted by molar-refractivity contribution is 0.0784. The van der Waals surface area contributed by atoms with Crippen LogP contribution < -0.4 is 0 Å². The number of rotatable bonds is 3. The van der Waals surface area contributed by atoms with Gasteiger partial charge in [-0.2, -0.15) is 4.39 Å². The number of furan rings is 1. The van der Waals surface area contributed by atoms with Crippen LogP contribution in [-0.4, -0.2) is 22.8 Å². The Morgan fingerprint density at radius 2 is 2.22 bits per heavy atom. The molecule has 2 heterocycles. The molecule has 0 bridgehead atoms. The van der Waals surface area contributed by atoms with E-state index in [-0.39, 0.29) is 5.91 Å². The van der Waals surface area contributed by atoms with Crippen LogP contribution in [0, 0.1) is 12.9 Å². The van der Waals surface area contributed by atoms with Gasteiger partial charge in [0.15, 0.2) is 0 Å². The number of amides is 1. The lowest BCUT2D eigenvalue weighted by Crippen LogP contribution is -2.26. The number of aromatic nitrogens is 1. The molecule has 5 heteroatoms. The van der Waals surface area contributed by atoms with Crippen molar-refractivity contribution in [1.29, 1.82) is 0 Å². The Balaban J connectivity index is 2.09. The second-order valence-electron chi connectivity index (χ2n) is 4.03. The summed E-state index contributed by atoms with van der Waals surface area (Å²) in [5.74, 6) is -0.0186. The SMILES string of the molecule is Cc1occc1CN(C)C(=O)c1ccc(F)nc1. The van der Waals surface area contributed by atoms with Gasteiger partial charge in [-0.05, 0) is 25.1 Å². The smallest absolute Gasteiger partial charge is 0.255 e. The van der Waals surface area contributed by atoms with Crippen molar-refractivity contribution >= 4 is 5.91 Å². The predicted octanol–water partition coefficient (Wildman–Crippen LogP) is 2.39. The highest BCUT2D eigenvalue weighted by Gasteiger charge is 2.14. The third-order valence-corrected chi connectivity index (χ3v) is 2.69. The molecule has 0 fully saturated rings. The molecule has 18 heavy (non-hydrogen) atoms. The number of hydrogen-bond acceptors (Lipinski definition) is 3. The summed E-state index contributed by atoms with van der Waals surface area (Å²) in [6.07, 6.45) is 2.82. The van der Waals surface area contributed by atoms with E-state index in [9.17, 15) is 9.18 Å². The number of nitrogens with zero attached hydrogens (tertiary/aromatic N) is 2. The van der Waals surface area contributed by atoms with Crippen LogP contribution in [0.25, 0.3) is 0 Å². The van der Waals surface area contributed by atoms with Crippen LogP contribution in [-0.2, 0) is 6.54 Å². The summed E-state index contributed by atoms with van der Waals surface area (Å²) < 4.78 is 17.8. The number of carbonyl (C=O) groups excluding carboxylic acids is 1. The van der Waals surface area contributed by atoms with Gasteiger partial charge >= 0.3 is 0 Å². The van der Waals surface area contributed by atoms with Gasteiger partial charge in [0, 0.05) is 25.4 Å². The number of halogens is 1. The monoisotopic (exact) mass is 248 g/mol. The zero-order valence-electron chi connectivity index (χ0n) is 10.2. The summed E-state index contributed by atoms with van der Waals surface area (Å²) in [6, 6.07) is 4.41. The van der Waals surface area contributed by atoms with Crippen molar-refractivity contribution in [3.63, 3.8) is 0 Å². The summed E-state index contributed by atoms with van der Waals surface area (Å²) in [5, 5.41) is 0. The zero-order valence-corrected chi connectivity index (χ0v) is 10.2. The van der Waals surface area contributed by atoms with E-state index in [2.05, 4.69) is 4.98 Å². The maximum Gasteiger partial charge on any atom is 0.255 e. The van der Waals surface area contributed by atoms with E-state index in [0.29, 0.717) is 12.1 Å². The van der Waals surface area contributed by atoms with E-state index in [0.717, 1.165) is 11.3 Å². The van der Waals surface area contributed by atoms with Gasteiger partial charge in [0.25, 0.3) is 5.91 Å². The molecule has 0 saturated heterocycles. The first-order chi connectivity index (χ1) is 8.58. The van der Waals surface area contributed by atoms with Crippen molar-refractivity contribution in [2.45, 2.75) is 13.5 Å². The van der Waals surface area contributed by atoms with Crippen LogP contribution in [0.4, 0.5) is 4.39 Å². The van der Waals surface area contributed by atoms with Gasteiger partial charge in [-0.25, -0.2) is 4.98 Å². The number of hydrogen-bond donors (Lipinski definition) is 0. The van der Waals surface area contributed by atoms with E-state index in [1.54, 1.807) is 13.3 Å². The Morgan fingerprint density at radius 3 is 2.78 bits per heavy atom. The van der Waals surface area contributed by atoms with Gasteiger partial charge in [0.1, 0.15) is 5.76 Å². The third kappa shape index (κ3) is 2.56. The molecule has 94 valence electrons. The molecule has 0 atom stereocenters. The van der Waals surface area contributed by atoms with Crippen LogP contribution in [0.1, 0.15) is 21.7 Å². The van der Waals surface area contributed by atoms with Gasteiger partial charge in [-0.3, -0.25) is 4.79 Å². The molecular weight excluding hydrogens is 235 g/mol. The second kappa shape index (κ2) is 5.00. The van der Waals surface area contributed by atoms with Crippen molar-refractivity contribution in [2.24, 2.45) is 0 Å². The fraction of sp³-hybridized carbons (Fsp3) is 0.231. The molecule has 0 aromatic carbocycles. The van der Waals surface area contributed by atoms with Crippen molar-refractivity contribution in [3.8, 4) is 0 Å². The summed E-state index contributed by atoms with van der Waals surface area (Å²) in [4.78, 5) is 17.0. The van der Waals surface area contributed by atoms with Crippen LogP contribution in [0.15, 0.2) is 35.1 Å². The molecule has 4 nitrogen and oxygen atoms in total. The Kier molecular flexibility index (Phi) is 3.41. The summed E-state index contributed by atoms with van der Waals surface area (Å²) in [7, 11) is 1.68. The summed E-state index contributed by atoms with van der Waals surface area (Å²) >= 11 is 0. The Bertz CT molecular complexity index is 548. The van der Waals surface area contributed by atoms with Gasteiger partial charge in [-0.1, -0.05) is 0 Å². The lowest BCUT2D eigenvalue weighted by Gasteiger charge is -2.16. The molecule has 0 radical (unpaired) electrons. The van der Waals surface area contributed by atoms with Crippen molar-refractivity contribution in [2.75, 3.05) is 7.05 Å². The molecule has 2 aromatic rings. The van der Waals surface area contributed by atoms with Crippen LogP contribution in [0.3, 0.4) is 0 Å². The van der Waals surface area contributed by atoms with E-state index < -0.39 is 5.95 Å². The van der Waals surface area contributed by atoms with Gasteiger partial charge in [0.05, 0.1) is 11.8 Å². The van der Waals surface area contributed by atoms with Gasteiger partial charge in [0.2, 0.25) is 5.95 Å². The number of aryl methyl sites for hydroxylation is 1. The van der Waals surface area contributed by atoms with Crippen molar-refractivity contribution in [3.05, 3.63) is 53.5 Å². The molecule has 0 aliphatic carbocycles. The topological polar surface area (TPSA) is 46.3 Å². The third-order valence-electron chi connectivity index (χ3n) is 2.69. The first kappa shape index (κ1) is 12.3. The summed E-state index contributed by atoms with van der Waals surface area (Å²) in [5.41, 5.74) is 1.31. The first-order valence-corrected chi connectivity index (χ1v) is 5.48. The molecule has 0 saturated carbocycles. The molecule has 2 rings (SSSR count). The largest absolute Gasteiger partial charge is 0.469 e. The molecule has 2 aromatic heterocycles. The first-order valence-electron chi connectivity index (χ1n) is 5.48. The molecular formula is C13H13FN2O2. The van der Waals surface area contributed by atoms with E-state index in [4.69, 9.17) is 4.42 Å². The summed E-state index contributed by atoms with van der Waals surface area (Å²) in [6.45, 7) is 2.28. The number of pyridine rings is 1. The van der Waals surface area contributed by atoms with Gasteiger partial charge in [-0.15, -0.1) is 0 Å². The maximum atomic E-state index is 12.7. The lowest BCUT2D eigenvalue weighted by atomic mass is 10.2. The highest BCUT2D eigenvalue weighted by atomic mass is 19.1. The maximum absolute atomic E-state index is 12.7. The Morgan fingerprint density at radius 1 is 1.44 bits per heavy atom. The standard InChI is InChI=1S/C13H13FN2O2/c1-9-11(5-6-18-9)8-16(2)13(17)10-3-4-12(14)15-7-10/h3-7H,8H2,1-2H3. The minimum atomic E-state index is -0.597. The van der Waals surface area contributed by atoms with Crippen molar-refractivity contribution < 1.29 is 13.6 Å². The quantitative estimate of drug-likeness (QED) is 0.783. The van der Waals surface area contributed by atoms with Crippen molar-refractivity contribution in [1.82, 2.24) is 9.88 Å². The molecule has 0 N–H and O–H groups in total. The second-order valence-corrected chi connectivity index (χ2v) is 4.03. The predicted molar refractivity (Wildman–Crippen MR) is 63.4 cm³/mol. The molecule has 0 unspecified atom stereocenters. The van der Waals surface area contributed by atoms with E-state index in [1.807, 2.05) is 13.0 Å². The molecule has 1 amide bonds. The normalized spacial score (nSPS) is 10.4. The minimum Gasteiger partial charge on any atom is -0.469 e. The molecule has 0 spiro atoms. The van der Waals surface area contributed by atoms with Crippen LogP contribution in [0.5, 0.6) is 0 Å². The minimum absolute atomic E-state index is 0.205. The highest BCUT2D eigenvalue weighted by molar-refractivity contribution is 5.93. The van der Waals surface area contributed by atoms with E-state index in [1.165, 1.54) is 23.2 Å². The highest BCUT2D eigenvalue weighted by Crippen LogP contribution is 2.13. The molecule has 0 aliphatic heterocycles. The average Bonchev–Trinajstić information content (AvgIpc) is 2.75. The number of carbonyl (C=O) groups is 1. The Hall–Kier alpha value is -2.17. The van der Waals surface area contributed by atoms with Gasteiger partial charge < -0.3 is 9.32 Å². The van der Waals surface area contributed by atoms with Crippen LogP contribution >= 0.6 is 0 Å². The Labute approximate surface area is 104 Å². The van der Waals surface area contributed by atoms with E-state index >= 15 is 0 Å². The van der Waals surface area contributed by atoms with Crippen LogP contribution in [0.2, 0.25) is 0 Å². The fourth-order valence-electron chi connectivity index (χ4n) is 1.63. The zero-order chi connectivity index (χ0) is 13.1. The fourth-order valence-corrected chi connectivity index (χ4v) is 1.63.